The van der Waals surface area contributed by atoms with Gasteiger partial charge in [-0.25, -0.2) is 4.98 Å². The fourth-order valence-corrected chi connectivity index (χ4v) is 3.57. The highest BCUT2D eigenvalue weighted by molar-refractivity contribution is 9.10. The van der Waals surface area contributed by atoms with Gasteiger partial charge in [0.15, 0.2) is 0 Å². The Bertz CT molecular complexity index is 1020. The summed E-state index contributed by atoms with van der Waals surface area (Å²) in [4.78, 5) is 4.35. The van der Waals surface area contributed by atoms with Gasteiger partial charge in [0.05, 0.1) is 44.7 Å². The van der Waals surface area contributed by atoms with Crippen molar-refractivity contribution in [3.63, 3.8) is 0 Å². The van der Waals surface area contributed by atoms with Gasteiger partial charge in [-0.15, -0.1) is 23.7 Å². The summed E-state index contributed by atoms with van der Waals surface area (Å²) in [5, 5.41) is 12.6. The van der Waals surface area contributed by atoms with E-state index in [0.29, 0.717) is 0 Å². The van der Waals surface area contributed by atoms with Gasteiger partial charge in [-0.3, -0.25) is 0 Å². The molecule has 0 aliphatic heterocycles. The molecule has 0 bridgehead atoms. The van der Waals surface area contributed by atoms with Gasteiger partial charge in [-0.05, 0) is 40.2 Å². The lowest BCUT2D eigenvalue weighted by Crippen LogP contribution is -1.95. The molecule has 2 aromatic carbocycles. The van der Waals surface area contributed by atoms with Crippen molar-refractivity contribution in [1.82, 2.24) is 15.2 Å². The third kappa shape index (κ3) is 3.02. The molecule has 0 spiro atoms. The van der Waals surface area contributed by atoms with E-state index in [1.165, 1.54) is 4.70 Å². The largest absolute Gasteiger partial charge is 0.495 e. The first-order valence-electron chi connectivity index (χ1n) is 6.84. The van der Waals surface area contributed by atoms with E-state index in [2.05, 4.69) is 42.5 Å². The number of hydrogen-bond acceptors (Lipinski definition) is 6. The first-order valence-corrected chi connectivity index (χ1v) is 8.51. The van der Waals surface area contributed by atoms with E-state index >= 15 is 0 Å². The van der Waals surface area contributed by atoms with Gasteiger partial charge in [0, 0.05) is 17.1 Å². The predicted molar refractivity (Wildman–Crippen MR) is 104 cm³/mol. The van der Waals surface area contributed by atoms with Crippen molar-refractivity contribution in [3.05, 3.63) is 46.5 Å². The van der Waals surface area contributed by atoms with Gasteiger partial charge < -0.3 is 10.1 Å². The van der Waals surface area contributed by atoms with Crippen molar-refractivity contribution in [1.29, 1.82) is 0 Å². The van der Waals surface area contributed by atoms with E-state index in [1.54, 1.807) is 24.6 Å². The number of thiazole rings is 1. The Morgan fingerprint density at radius 2 is 2.04 bits per heavy atom. The third-order valence-corrected chi connectivity index (χ3v) is 4.95. The van der Waals surface area contributed by atoms with Crippen LogP contribution in [0, 0.1) is 0 Å². The average Bonchev–Trinajstić information content (AvgIpc) is 3.02. The van der Waals surface area contributed by atoms with E-state index in [4.69, 9.17) is 4.74 Å². The van der Waals surface area contributed by atoms with Crippen molar-refractivity contribution >= 4 is 72.2 Å². The highest BCUT2D eigenvalue weighted by atomic mass is 79.9. The van der Waals surface area contributed by atoms with Crippen molar-refractivity contribution in [2.45, 2.75) is 0 Å². The quantitative estimate of drug-likeness (QED) is 0.492. The highest BCUT2D eigenvalue weighted by Gasteiger charge is 2.09. The zero-order valence-corrected chi connectivity index (χ0v) is 15.7. The molecule has 0 saturated heterocycles. The summed E-state index contributed by atoms with van der Waals surface area (Å²) in [5.74, 6) is 0.729. The summed E-state index contributed by atoms with van der Waals surface area (Å²) >= 11 is 5.14. The van der Waals surface area contributed by atoms with Crippen molar-refractivity contribution in [3.8, 4) is 5.75 Å². The number of aromatic nitrogens is 3. The number of methoxy groups -OCH3 is 1. The number of anilines is 2. The van der Waals surface area contributed by atoms with Crippen LogP contribution in [0.5, 0.6) is 5.75 Å². The van der Waals surface area contributed by atoms with Gasteiger partial charge in [-0.2, -0.15) is 10.2 Å². The molecule has 0 radical (unpaired) electrons. The minimum absolute atomic E-state index is 0. The van der Waals surface area contributed by atoms with Crippen LogP contribution in [-0.4, -0.2) is 22.3 Å². The molecule has 4 aromatic rings. The molecule has 0 amide bonds. The normalized spacial score (nSPS) is 10.6. The zero-order chi connectivity index (χ0) is 15.8. The minimum atomic E-state index is 0. The fourth-order valence-electron chi connectivity index (χ4n) is 2.41. The zero-order valence-electron chi connectivity index (χ0n) is 12.5. The summed E-state index contributed by atoms with van der Waals surface area (Å²) in [6.45, 7) is 0. The molecule has 2 heterocycles. The first-order chi connectivity index (χ1) is 11.2. The maximum atomic E-state index is 5.31. The van der Waals surface area contributed by atoms with E-state index in [1.807, 2.05) is 29.8 Å². The van der Waals surface area contributed by atoms with Crippen LogP contribution in [0.25, 0.3) is 21.1 Å². The minimum Gasteiger partial charge on any atom is -0.495 e. The predicted octanol–water partition coefficient (Wildman–Crippen LogP) is 5.18. The van der Waals surface area contributed by atoms with Crippen LogP contribution < -0.4 is 10.1 Å². The highest BCUT2D eigenvalue weighted by Crippen LogP contribution is 2.33. The van der Waals surface area contributed by atoms with Crippen LogP contribution in [0.2, 0.25) is 0 Å². The van der Waals surface area contributed by atoms with Gasteiger partial charge in [-0.1, -0.05) is 0 Å². The topological polar surface area (TPSA) is 59.9 Å². The standard InChI is InChI=1S/C16H11BrN4OS.ClH/c1-22-15-6-12-10(5-11(15)17)14(7-19-21-12)20-9-2-3-16-13(4-9)18-8-23-16;/h2-8H,1H3,(H,20,21);1H. The fraction of sp³-hybridized carbons (Fsp3) is 0.0625. The summed E-state index contributed by atoms with van der Waals surface area (Å²) in [7, 11) is 1.63. The van der Waals surface area contributed by atoms with Crippen LogP contribution in [0.4, 0.5) is 11.4 Å². The lowest BCUT2D eigenvalue weighted by Gasteiger charge is -2.10. The molecule has 0 fully saturated rings. The molecular weight excluding hydrogens is 412 g/mol. The summed E-state index contributed by atoms with van der Waals surface area (Å²) in [6.07, 6.45) is 1.71. The molecule has 0 unspecified atom stereocenters. The van der Waals surface area contributed by atoms with Crippen LogP contribution in [0.1, 0.15) is 0 Å². The van der Waals surface area contributed by atoms with Crippen molar-refractivity contribution in [2.75, 3.05) is 12.4 Å². The Balaban J connectivity index is 0.00000169. The molecule has 0 saturated carbocycles. The molecule has 2 aromatic heterocycles. The molecule has 1 N–H and O–H groups in total. The molecule has 5 nitrogen and oxygen atoms in total. The number of benzene rings is 2. The maximum Gasteiger partial charge on any atom is 0.135 e. The van der Waals surface area contributed by atoms with Crippen molar-refractivity contribution in [2.24, 2.45) is 0 Å². The van der Waals surface area contributed by atoms with Gasteiger partial charge >= 0.3 is 0 Å². The van der Waals surface area contributed by atoms with E-state index in [0.717, 1.165) is 38.0 Å². The van der Waals surface area contributed by atoms with Crippen molar-refractivity contribution < 1.29 is 4.74 Å². The molecule has 122 valence electrons. The summed E-state index contributed by atoms with van der Waals surface area (Å²) < 4.78 is 7.35. The van der Waals surface area contributed by atoms with Gasteiger partial charge in [0.1, 0.15) is 5.75 Å². The maximum absolute atomic E-state index is 5.31. The number of rotatable bonds is 3. The SMILES string of the molecule is COc1cc2nncc(Nc3ccc4scnc4c3)c2cc1Br.Cl. The van der Waals surface area contributed by atoms with Crippen LogP contribution in [-0.2, 0) is 0 Å². The molecule has 4 rings (SSSR count). The molecule has 0 atom stereocenters. The Morgan fingerprint density at radius 3 is 2.88 bits per heavy atom. The van der Waals surface area contributed by atoms with Crippen LogP contribution in [0.15, 0.2) is 46.5 Å². The lowest BCUT2D eigenvalue weighted by atomic mass is 10.2. The lowest BCUT2D eigenvalue weighted by molar-refractivity contribution is 0.412. The van der Waals surface area contributed by atoms with E-state index < -0.39 is 0 Å². The van der Waals surface area contributed by atoms with Gasteiger partial charge in [0.25, 0.3) is 0 Å². The molecular formula is C16H12BrClN4OS. The Kier molecular flexibility index (Phi) is 4.84. The number of fused-ring (bicyclic) bond motifs is 2. The monoisotopic (exact) mass is 422 g/mol. The second kappa shape index (κ2) is 6.88. The Labute approximate surface area is 156 Å². The number of nitrogens with one attached hydrogen (secondary N) is 1. The number of hydrogen-bond donors (Lipinski definition) is 1. The molecule has 0 aliphatic rings. The van der Waals surface area contributed by atoms with E-state index in [-0.39, 0.29) is 12.4 Å². The smallest absolute Gasteiger partial charge is 0.135 e. The summed E-state index contributed by atoms with van der Waals surface area (Å²) in [5.41, 5.74) is 5.44. The Hall–Kier alpha value is -1.96. The van der Waals surface area contributed by atoms with E-state index in [9.17, 15) is 0 Å². The van der Waals surface area contributed by atoms with Crippen LogP contribution >= 0.6 is 39.7 Å². The average molecular weight is 424 g/mol. The molecule has 0 aliphatic carbocycles. The Morgan fingerprint density at radius 1 is 1.17 bits per heavy atom. The number of ether oxygens (including phenoxy) is 1. The van der Waals surface area contributed by atoms with Crippen LogP contribution in [0.3, 0.4) is 0 Å². The second-order valence-electron chi connectivity index (χ2n) is 4.92. The molecule has 24 heavy (non-hydrogen) atoms. The summed E-state index contributed by atoms with van der Waals surface area (Å²) in [6, 6.07) is 9.96. The van der Waals surface area contributed by atoms with Gasteiger partial charge in [0.2, 0.25) is 0 Å². The third-order valence-electron chi connectivity index (χ3n) is 3.52. The second-order valence-corrected chi connectivity index (χ2v) is 6.66. The first kappa shape index (κ1) is 16.9. The number of nitrogens with zero attached hydrogens (tertiary/aromatic N) is 3. The number of halogens is 2. The molecule has 8 heteroatoms.